The number of nitrogen functional groups attached to an aromatic ring is 1. The third-order valence-corrected chi connectivity index (χ3v) is 3.72. The van der Waals surface area contributed by atoms with Crippen LogP contribution in [-0.2, 0) is 16.3 Å². The van der Waals surface area contributed by atoms with Crippen molar-refractivity contribution in [2.45, 2.75) is 18.2 Å². The van der Waals surface area contributed by atoms with Crippen molar-refractivity contribution in [3.63, 3.8) is 0 Å². The second-order valence-corrected chi connectivity index (χ2v) is 5.73. The van der Waals surface area contributed by atoms with Gasteiger partial charge in [0, 0.05) is 16.9 Å². The van der Waals surface area contributed by atoms with Crippen LogP contribution in [-0.4, -0.2) is 19.7 Å². The maximum Gasteiger partial charge on any atom is 0.179 e. The monoisotopic (exact) mass is 278 g/mol. The van der Waals surface area contributed by atoms with Crippen molar-refractivity contribution in [2.75, 3.05) is 12.0 Å². The van der Waals surface area contributed by atoms with Crippen LogP contribution in [0.3, 0.4) is 0 Å². The van der Waals surface area contributed by atoms with E-state index >= 15 is 0 Å². The summed E-state index contributed by atoms with van der Waals surface area (Å²) in [7, 11) is -3.32. The first-order valence-corrected chi connectivity index (χ1v) is 6.69. The van der Waals surface area contributed by atoms with Crippen molar-refractivity contribution >= 4 is 31.6 Å². The molecule has 0 radical (unpaired) electrons. The molecule has 0 aromatic carbocycles. The molecule has 0 unspecified atom stereocenters. The smallest absolute Gasteiger partial charge is 0.179 e. The quantitative estimate of drug-likeness (QED) is 0.888. The lowest BCUT2D eigenvalue weighted by Gasteiger charge is -2.09. The fourth-order valence-corrected chi connectivity index (χ4v) is 3.12. The Morgan fingerprint density at radius 3 is 2.50 bits per heavy atom. The number of rotatable bonds is 2. The van der Waals surface area contributed by atoms with Gasteiger partial charge in [0.1, 0.15) is 10.7 Å². The van der Waals surface area contributed by atoms with Crippen molar-refractivity contribution in [1.29, 1.82) is 0 Å². The van der Waals surface area contributed by atoms with E-state index in [1.54, 1.807) is 0 Å². The van der Waals surface area contributed by atoms with Gasteiger partial charge in [-0.05, 0) is 27.9 Å². The number of anilines is 1. The van der Waals surface area contributed by atoms with Gasteiger partial charge < -0.3 is 5.73 Å². The Bertz CT molecular complexity index is 457. The maximum atomic E-state index is 11.4. The molecular formula is C8H11BrN2O2S. The van der Waals surface area contributed by atoms with E-state index in [9.17, 15) is 8.42 Å². The Kier molecular flexibility index (Phi) is 3.16. The van der Waals surface area contributed by atoms with Crippen LogP contribution in [0.4, 0.5) is 5.82 Å². The van der Waals surface area contributed by atoms with Gasteiger partial charge in [-0.1, -0.05) is 6.92 Å². The molecule has 2 N–H and O–H groups in total. The molecule has 1 rings (SSSR count). The SMILES string of the molecule is CCc1c(Br)cnc(N)c1S(C)(=O)=O. The van der Waals surface area contributed by atoms with E-state index in [-0.39, 0.29) is 10.7 Å². The Labute approximate surface area is 91.6 Å². The molecule has 0 aliphatic carbocycles. The minimum absolute atomic E-state index is 0.0625. The Morgan fingerprint density at radius 2 is 2.14 bits per heavy atom. The molecule has 6 heteroatoms. The lowest BCUT2D eigenvalue weighted by atomic mass is 10.2. The highest BCUT2D eigenvalue weighted by molar-refractivity contribution is 9.10. The molecule has 78 valence electrons. The molecule has 4 nitrogen and oxygen atoms in total. The van der Waals surface area contributed by atoms with Gasteiger partial charge in [0.2, 0.25) is 0 Å². The molecular weight excluding hydrogens is 268 g/mol. The molecule has 0 atom stereocenters. The number of nitrogens with zero attached hydrogens (tertiary/aromatic N) is 1. The van der Waals surface area contributed by atoms with E-state index in [0.717, 1.165) is 6.26 Å². The van der Waals surface area contributed by atoms with Gasteiger partial charge in [0.05, 0.1) is 0 Å². The third kappa shape index (κ3) is 2.06. The van der Waals surface area contributed by atoms with Gasteiger partial charge in [-0.15, -0.1) is 0 Å². The van der Waals surface area contributed by atoms with Gasteiger partial charge in [0.15, 0.2) is 9.84 Å². The minimum Gasteiger partial charge on any atom is -0.383 e. The molecule has 0 saturated heterocycles. The first kappa shape index (κ1) is 11.5. The summed E-state index contributed by atoms with van der Waals surface area (Å²) < 4.78 is 23.6. The summed E-state index contributed by atoms with van der Waals surface area (Å²) in [5.74, 6) is 0.0625. The van der Waals surface area contributed by atoms with Crippen molar-refractivity contribution in [3.8, 4) is 0 Å². The molecule has 0 spiro atoms. The number of aromatic nitrogens is 1. The van der Waals surface area contributed by atoms with Crippen LogP contribution in [0.5, 0.6) is 0 Å². The molecule has 0 bridgehead atoms. The van der Waals surface area contributed by atoms with E-state index in [2.05, 4.69) is 20.9 Å². The van der Waals surface area contributed by atoms with Crippen molar-refractivity contribution in [3.05, 3.63) is 16.2 Å². The van der Waals surface area contributed by atoms with Gasteiger partial charge in [-0.25, -0.2) is 13.4 Å². The molecule has 0 aliphatic heterocycles. The highest BCUT2D eigenvalue weighted by Crippen LogP contribution is 2.27. The molecule has 1 aromatic rings. The topological polar surface area (TPSA) is 73.0 Å². The lowest BCUT2D eigenvalue weighted by Crippen LogP contribution is -2.08. The van der Waals surface area contributed by atoms with Gasteiger partial charge in [-0.2, -0.15) is 0 Å². The van der Waals surface area contributed by atoms with E-state index in [0.29, 0.717) is 16.5 Å². The Morgan fingerprint density at radius 1 is 1.57 bits per heavy atom. The van der Waals surface area contributed by atoms with Crippen LogP contribution in [0.15, 0.2) is 15.6 Å². The second-order valence-electron chi connectivity index (χ2n) is 2.92. The maximum absolute atomic E-state index is 11.4. The summed E-state index contributed by atoms with van der Waals surface area (Å²) in [5, 5.41) is 0. The Hall–Kier alpha value is -0.620. The number of hydrogen-bond donors (Lipinski definition) is 1. The van der Waals surface area contributed by atoms with Gasteiger partial charge in [0.25, 0.3) is 0 Å². The van der Waals surface area contributed by atoms with Crippen molar-refractivity contribution < 1.29 is 8.42 Å². The van der Waals surface area contributed by atoms with Crippen molar-refractivity contribution in [1.82, 2.24) is 4.98 Å². The zero-order valence-corrected chi connectivity index (χ0v) is 10.3. The van der Waals surface area contributed by atoms with Gasteiger partial charge >= 0.3 is 0 Å². The predicted molar refractivity (Wildman–Crippen MR) is 58.8 cm³/mol. The largest absolute Gasteiger partial charge is 0.383 e. The Balaban J connectivity index is 3.63. The standard InChI is InChI=1S/C8H11BrN2O2S/c1-3-5-6(9)4-11-8(10)7(5)14(2,12)13/h4H,3H2,1-2H3,(H2,10,11). The van der Waals surface area contributed by atoms with Crippen LogP contribution < -0.4 is 5.73 Å². The average molecular weight is 279 g/mol. The summed E-state index contributed by atoms with van der Waals surface area (Å²) in [5.41, 5.74) is 6.22. The van der Waals surface area contributed by atoms with E-state index in [4.69, 9.17) is 5.73 Å². The van der Waals surface area contributed by atoms with Crippen molar-refractivity contribution in [2.24, 2.45) is 0 Å². The average Bonchev–Trinajstić information content (AvgIpc) is 2.06. The number of pyridine rings is 1. The number of nitrogens with two attached hydrogens (primary N) is 1. The summed E-state index contributed by atoms with van der Waals surface area (Å²) in [6, 6.07) is 0. The molecule has 0 amide bonds. The summed E-state index contributed by atoms with van der Waals surface area (Å²) in [6.07, 6.45) is 3.24. The van der Waals surface area contributed by atoms with Crippen LogP contribution >= 0.6 is 15.9 Å². The van der Waals surface area contributed by atoms with E-state index in [1.807, 2.05) is 6.92 Å². The molecule has 0 saturated carbocycles. The number of halogens is 1. The summed E-state index contributed by atoms with van der Waals surface area (Å²) >= 11 is 3.25. The molecule has 0 fully saturated rings. The minimum atomic E-state index is -3.32. The molecule has 14 heavy (non-hydrogen) atoms. The van der Waals surface area contributed by atoms with Crippen LogP contribution in [0.1, 0.15) is 12.5 Å². The highest BCUT2D eigenvalue weighted by atomic mass is 79.9. The zero-order chi connectivity index (χ0) is 10.9. The second kappa shape index (κ2) is 3.86. The van der Waals surface area contributed by atoms with E-state index < -0.39 is 9.84 Å². The molecule has 0 aliphatic rings. The fourth-order valence-electron chi connectivity index (χ4n) is 1.27. The van der Waals surface area contributed by atoms with Crippen LogP contribution in [0.25, 0.3) is 0 Å². The van der Waals surface area contributed by atoms with E-state index in [1.165, 1.54) is 6.20 Å². The summed E-state index contributed by atoms with van der Waals surface area (Å²) in [6.45, 7) is 1.87. The predicted octanol–water partition coefficient (Wildman–Crippen LogP) is 1.39. The first-order chi connectivity index (χ1) is 6.38. The first-order valence-electron chi connectivity index (χ1n) is 4.00. The third-order valence-electron chi connectivity index (χ3n) is 1.84. The summed E-state index contributed by atoms with van der Waals surface area (Å²) in [4.78, 5) is 3.94. The lowest BCUT2D eigenvalue weighted by molar-refractivity contribution is 0.600. The molecule has 1 aromatic heterocycles. The van der Waals surface area contributed by atoms with Crippen LogP contribution in [0.2, 0.25) is 0 Å². The number of hydrogen-bond acceptors (Lipinski definition) is 4. The highest BCUT2D eigenvalue weighted by Gasteiger charge is 2.19. The van der Waals surface area contributed by atoms with Gasteiger partial charge in [-0.3, -0.25) is 0 Å². The number of sulfone groups is 1. The van der Waals surface area contributed by atoms with Crippen LogP contribution in [0, 0.1) is 0 Å². The normalized spacial score (nSPS) is 11.6. The fraction of sp³-hybridized carbons (Fsp3) is 0.375. The zero-order valence-electron chi connectivity index (χ0n) is 7.91. The molecule has 1 heterocycles.